The first-order valence-corrected chi connectivity index (χ1v) is 6.56. The van der Waals surface area contributed by atoms with Crippen LogP contribution in [0, 0.1) is 12.0 Å². The molecule has 1 atom stereocenters. The van der Waals surface area contributed by atoms with Crippen LogP contribution < -0.4 is 0 Å². The summed E-state index contributed by atoms with van der Waals surface area (Å²) in [7, 11) is 0. The van der Waals surface area contributed by atoms with Gasteiger partial charge in [0.1, 0.15) is 6.11 Å². The van der Waals surface area contributed by atoms with Crippen LogP contribution in [0.2, 0.25) is 0 Å². The molecular weight excluding hydrogens is 236 g/mol. The number of aliphatic hydroxyl groups is 1. The van der Waals surface area contributed by atoms with Crippen molar-refractivity contribution in [2.45, 2.75) is 32.0 Å². The van der Waals surface area contributed by atoms with Gasteiger partial charge in [-0.2, -0.15) is 0 Å². The van der Waals surface area contributed by atoms with Crippen LogP contribution in [0.3, 0.4) is 0 Å². The summed E-state index contributed by atoms with van der Waals surface area (Å²) in [5.41, 5.74) is 2.23. The lowest BCUT2D eigenvalue weighted by Crippen LogP contribution is -2.28. The minimum atomic E-state index is -1.29. The van der Waals surface area contributed by atoms with E-state index in [4.69, 9.17) is 4.74 Å². The maximum absolute atomic E-state index is 10.2. The molecule has 1 aliphatic rings. The first-order valence-electron chi connectivity index (χ1n) is 6.56. The van der Waals surface area contributed by atoms with Crippen molar-refractivity contribution in [1.82, 2.24) is 0 Å². The van der Waals surface area contributed by atoms with Gasteiger partial charge in [0, 0.05) is 12.8 Å². The summed E-state index contributed by atoms with van der Waals surface area (Å²) in [5.74, 6) is 1.57. The van der Waals surface area contributed by atoms with Gasteiger partial charge in [0.15, 0.2) is 0 Å². The summed E-state index contributed by atoms with van der Waals surface area (Å²) in [5, 5.41) is 10.2. The molecule has 1 aromatic rings. The Kier molecular flexibility index (Phi) is 4.43. The van der Waals surface area contributed by atoms with Crippen molar-refractivity contribution in [1.29, 1.82) is 0 Å². The lowest BCUT2D eigenvalue weighted by Gasteiger charge is -2.24. The van der Waals surface area contributed by atoms with Gasteiger partial charge < -0.3 is 9.84 Å². The minimum Gasteiger partial charge on any atom is -0.408 e. The summed E-state index contributed by atoms with van der Waals surface area (Å²) < 4.78 is 5.22. The standard InChI is InChI=1S/C17H18O2/c1-2-3-7-14-19-17(18)12-10-16(11-13-17)15-8-5-4-6-9-15/h4-6,8-12,18H,2-3,13H2,1H3. The molecule has 1 unspecified atom stereocenters. The van der Waals surface area contributed by atoms with Gasteiger partial charge in [0.05, 0.1) is 0 Å². The van der Waals surface area contributed by atoms with Crippen LogP contribution in [0.15, 0.2) is 48.6 Å². The van der Waals surface area contributed by atoms with E-state index in [1.165, 1.54) is 0 Å². The molecule has 0 radical (unpaired) electrons. The molecule has 2 heteroatoms. The van der Waals surface area contributed by atoms with Crippen molar-refractivity contribution in [3.05, 3.63) is 54.1 Å². The van der Waals surface area contributed by atoms with Gasteiger partial charge >= 0.3 is 0 Å². The smallest absolute Gasteiger partial charge is 0.242 e. The molecule has 98 valence electrons. The van der Waals surface area contributed by atoms with Crippen LogP contribution in [0.5, 0.6) is 0 Å². The zero-order chi connectivity index (χ0) is 13.6. The lowest BCUT2D eigenvalue weighted by molar-refractivity contribution is -0.113. The number of hydrogen-bond donors (Lipinski definition) is 1. The van der Waals surface area contributed by atoms with E-state index in [2.05, 4.69) is 19.0 Å². The quantitative estimate of drug-likeness (QED) is 0.661. The van der Waals surface area contributed by atoms with E-state index in [1.54, 1.807) is 6.08 Å². The molecular formula is C17H18O2. The predicted octanol–water partition coefficient (Wildman–Crippen LogP) is 3.50. The summed E-state index contributed by atoms with van der Waals surface area (Å²) in [6.07, 6.45) is 10.3. The van der Waals surface area contributed by atoms with Crippen molar-refractivity contribution in [2.75, 3.05) is 0 Å². The van der Waals surface area contributed by atoms with Crippen molar-refractivity contribution >= 4 is 5.57 Å². The summed E-state index contributed by atoms with van der Waals surface area (Å²) in [6, 6.07) is 10.1. The zero-order valence-electron chi connectivity index (χ0n) is 11.1. The van der Waals surface area contributed by atoms with Crippen LogP contribution in [0.1, 0.15) is 31.7 Å². The Bertz CT molecular complexity index is 531. The fourth-order valence-corrected chi connectivity index (χ4v) is 1.83. The Hall–Kier alpha value is -1.98. The normalized spacial score (nSPS) is 21.3. The Morgan fingerprint density at radius 2 is 2.11 bits per heavy atom. The maximum Gasteiger partial charge on any atom is 0.242 e. The highest BCUT2D eigenvalue weighted by molar-refractivity contribution is 5.75. The summed E-state index contributed by atoms with van der Waals surface area (Å²) in [4.78, 5) is 0. The second kappa shape index (κ2) is 6.26. The van der Waals surface area contributed by atoms with Gasteiger partial charge in [-0.3, -0.25) is 0 Å². The second-order valence-corrected chi connectivity index (χ2v) is 4.54. The van der Waals surface area contributed by atoms with Gasteiger partial charge in [-0.05, 0) is 23.6 Å². The highest BCUT2D eigenvalue weighted by atomic mass is 16.6. The monoisotopic (exact) mass is 254 g/mol. The van der Waals surface area contributed by atoms with Crippen LogP contribution in [0.4, 0.5) is 0 Å². The number of rotatable bonds is 3. The molecule has 19 heavy (non-hydrogen) atoms. The molecule has 0 heterocycles. The Morgan fingerprint density at radius 1 is 1.32 bits per heavy atom. The predicted molar refractivity (Wildman–Crippen MR) is 76.9 cm³/mol. The van der Waals surface area contributed by atoms with E-state index in [0.29, 0.717) is 6.42 Å². The maximum atomic E-state index is 10.2. The summed E-state index contributed by atoms with van der Waals surface area (Å²) in [6.45, 7) is 2.05. The van der Waals surface area contributed by atoms with E-state index < -0.39 is 5.79 Å². The molecule has 2 rings (SSSR count). The average molecular weight is 254 g/mol. The van der Waals surface area contributed by atoms with E-state index >= 15 is 0 Å². The van der Waals surface area contributed by atoms with E-state index in [0.717, 1.165) is 24.0 Å². The van der Waals surface area contributed by atoms with E-state index in [9.17, 15) is 5.11 Å². The van der Waals surface area contributed by atoms with Gasteiger partial charge in [-0.1, -0.05) is 55.3 Å². The summed E-state index contributed by atoms with van der Waals surface area (Å²) >= 11 is 0. The third kappa shape index (κ3) is 3.74. The third-order valence-electron chi connectivity index (χ3n) is 2.92. The van der Waals surface area contributed by atoms with E-state index in [1.807, 2.05) is 42.5 Å². The number of unbranched alkanes of at least 4 members (excludes halogenated alkanes) is 1. The van der Waals surface area contributed by atoms with Gasteiger partial charge in [-0.15, -0.1) is 0 Å². The fraction of sp³-hybridized carbons (Fsp3) is 0.294. The first kappa shape index (κ1) is 13.5. The molecule has 0 amide bonds. The molecule has 0 saturated heterocycles. The molecule has 2 nitrogen and oxygen atoms in total. The minimum absolute atomic E-state index is 0.411. The average Bonchev–Trinajstić information content (AvgIpc) is 2.46. The SMILES string of the molecule is CCCC#COC1(O)C=CC(c2ccccc2)=CC1. The number of benzene rings is 1. The molecule has 0 fully saturated rings. The topological polar surface area (TPSA) is 29.5 Å². The van der Waals surface area contributed by atoms with Gasteiger partial charge in [0.25, 0.3) is 0 Å². The van der Waals surface area contributed by atoms with Crippen LogP contribution in [-0.2, 0) is 4.74 Å². The Morgan fingerprint density at radius 3 is 2.74 bits per heavy atom. The van der Waals surface area contributed by atoms with Crippen LogP contribution in [-0.4, -0.2) is 10.9 Å². The molecule has 1 N–H and O–H groups in total. The van der Waals surface area contributed by atoms with Gasteiger partial charge in [0.2, 0.25) is 5.79 Å². The van der Waals surface area contributed by atoms with Crippen molar-refractivity contribution < 1.29 is 9.84 Å². The molecule has 0 aliphatic heterocycles. The van der Waals surface area contributed by atoms with Crippen LogP contribution in [0.25, 0.3) is 5.57 Å². The number of hydrogen-bond acceptors (Lipinski definition) is 2. The Labute approximate surface area is 114 Å². The Balaban J connectivity index is 2.00. The van der Waals surface area contributed by atoms with Gasteiger partial charge in [-0.25, -0.2) is 0 Å². The van der Waals surface area contributed by atoms with Crippen molar-refractivity contribution in [3.63, 3.8) is 0 Å². The van der Waals surface area contributed by atoms with Crippen molar-refractivity contribution in [2.24, 2.45) is 0 Å². The lowest BCUT2D eigenvalue weighted by atomic mass is 9.96. The molecule has 0 spiro atoms. The first-order chi connectivity index (χ1) is 9.23. The van der Waals surface area contributed by atoms with Crippen molar-refractivity contribution in [3.8, 4) is 12.0 Å². The van der Waals surface area contributed by atoms with E-state index in [-0.39, 0.29) is 0 Å². The van der Waals surface area contributed by atoms with Crippen LogP contribution >= 0.6 is 0 Å². The largest absolute Gasteiger partial charge is 0.408 e. The molecule has 0 bridgehead atoms. The molecule has 1 aliphatic carbocycles. The second-order valence-electron chi connectivity index (χ2n) is 4.54. The number of ether oxygens (including phenoxy) is 1. The molecule has 0 aromatic heterocycles. The molecule has 1 aromatic carbocycles. The third-order valence-corrected chi connectivity index (χ3v) is 2.92. The fourth-order valence-electron chi connectivity index (χ4n) is 1.83. The highest BCUT2D eigenvalue weighted by Gasteiger charge is 2.26. The highest BCUT2D eigenvalue weighted by Crippen LogP contribution is 2.27. The molecule has 0 saturated carbocycles. The number of allylic oxidation sites excluding steroid dienone is 2. The zero-order valence-corrected chi connectivity index (χ0v) is 11.1.